The summed E-state index contributed by atoms with van der Waals surface area (Å²) in [6, 6.07) is -0.148. The molecule has 1 rings (SSSR count). The van der Waals surface area contributed by atoms with Crippen molar-refractivity contribution >= 4 is 22.2 Å². The van der Waals surface area contributed by atoms with Gasteiger partial charge in [0.25, 0.3) is 0 Å². The lowest BCUT2D eigenvalue weighted by atomic mass is 10.4. The van der Waals surface area contributed by atoms with Crippen LogP contribution in [-0.4, -0.2) is 42.4 Å². The van der Waals surface area contributed by atoms with E-state index in [0.717, 1.165) is 4.31 Å². The molecule has 0 fully saturated rings. The summed E-state index contributed by atoms with van der Waals surface area (Å²) in [6.07, 6.45) is 1.02. The van der Waals surface area contributed by atoms with Crippen molar-refractivity contribution in [3.63, 3.8) is 0 Å². The minimum Gasteiger partial charge on any atom is -0.481 e. The molecule has 1 heterocycles. The minimum atomic E-state index is -3.83. The molecule has 0 unspecified atom stereocenters. The van der Waals surface area contributed by atoms with Crippen LogP contribution < -0.4 is 4.72 Å². The number of aliphatic carboxylic acids is 1. The highest BCUT2D eigenvalue weighted by Crippen LogP contribution is 2.10. The highest BCUT2D eigenvalue weighted by atomic mass is 32.2. The fraction of sp³-hybridized carbons (Fsp3) is 0.500. The minimum absolute atomic E-state index is 0.135. The molecule has 0 aliphatic rings. The number of nitrogens with zero attached hydrogens (tertiary/aromatic N) is 2. The van der Waals surface area contributed by atoms with Gasteiger partial charge in [0.15, 0.2) is 0 Å². The molecule has 17 heavy (non-hydrogen) atoms. The topological polar surface area (TPSA) is 113 Å². The zero-order valence-corrected chi connectivity index (χ0v) is 10.2. The molecule has 0 amide bonds. The van der Waals surface area contributed by atoms with Gasteiger partial charge in [0.05, 0.1) is 12.1 Å². The SMILES string of the molecule is Cc1coc(NS(=O)(=O)N(C)CCC(=O)O)n1. The number of carboxylic acids is 1. The van der Waals surface area contributed by atoms with Crippen LogP contribution in [0, 0.1) is 6.92 Å². The summed E-state index contributed by atoms with van der Waals surface area (Å²) >= 11 is 0. The van der Waals surface area contributed by atoms with E-state index < -0.39 is 16.2 Å². The predicted octanol–water partition coefficient (Wildman–Crippen LogP) is 0.0462. The summed E-state index contributed by atoms with van der Waals surface area (Å²) < 4.78 is 31.1. The van der Waals surface area contributed by atoms with Crippen LogP contribution in [0.1, 0.15) is 12.1 Å². The van der Waals surface area contributed by atoms with Gasteiger partial charge in [-0.25, -0.2) is 4.72 Å². The van der Waals surface area contributed by atoms with Gasteiger partial charge in [-0.05, 0) is 6.92 Å². The van der Waals surface area contributed by atoms with Crippen LogP contribution in [0.25, 0.3) is 0 Å². The maximum absolute atomic E-state index is 11.6. The molecule has 0 spiro atoms. The van der Waals surface area contributed by atoms with E-state index in [9.17, 15) is 13.2 Å². The van der Waals surface area contributed by atoms with Gasteiger partial charge in [-0.1, -0.05) is 0 Å². The average Bonchev–Trinajstić information content (AvgIpc) is 2.59. The van der Waals surface area contributed by atoms with Gasteiger partial charge in [-0.2, -0.15) is 17.7 Å². The molecule has 0 aromatic carbocycles. The van der Waals surface area contributed by atoms with Crippen molar-refractivity contribution in [2.24, 2.45) is 0 Å². The summed E-state index contributed by atoms with van der Waals surface area (Å²) in [6.45, 7) is 1.51. The third kappa shape index (κ3) is 4.04. The second-order valence-corrected chi connectivity index (χ2v) is 5.14. The summed E-state index contributed by atoms with van der Waals surface area (Å²) in [5.41, 5.74) is 0.538. The van der Waals surface area contributed by atoms with Crippen LogP contribution in [0.15, 0.2) is 10.7 Å². The molecule has 8 nitrogen and oxygen atoms in total. The van der Waals surface area contributed by atoms with Crippen molar-refractivity contribution in [3.05, 3.63) is 12.0 Å². The van der Waals surface area contributed by atoms with Gasteiger partial charge in [-0.15, -0.1) is 0 Å². The molecule has 0 aliphatic carbocycles. The zero-order valence-electron chi connectivity index (χ0n) is 9.37. The largest absolute Gasteiger partial charge is 0.481 e. The fourth-order valence-electron chi connectivity index (χ4n) is 0.962. The first-order chi connectivity index (χ1) is 7.81. The van der Waals surface area contributed by atoms with Crippen LogP contribution >= 0.6 is 0 Å². The molecule has 1 aromatic rings. The maximum Gasteiger partial charge on any atom is 0.309 e. The second kappa shape index (κ2) is 5.15. The number of aromatic nitrogens is 1. The van der Waals surface area contributed by atoms with Gasteiger partial charge in [0.1, 0.15) is 6.26 Å². The molecule has 96 valence electrons. The molecule has 1 aromatic heterocycles. The molecule has 0 atom stereocenters. The van der Waals surface area contributed by atoms with Crippen molar-refractivity contribution in [2.75, 3.05) is 18.3 Å². The first-order valence-corrected chi connectivity index (χ1v) is 6.13. The van der Waals surface area contributed by atoms with Crippen LogP contribution in [0.5, 0.6) is 0 Å². The van der Waals surface area contributed by atoms with E-state index >= 15 is 0 Å². The summed E-state index contributed by atoms with van der Waals surface area (Å²) in [5, 5.41) is 8.45. The molecular weight excluding hydrogens is 250 g/mol. The van der Waals surface area contributed by atoms with Crippen molar-refractivity contribution < 1.29 is 22.7 Å². The Morgan fingerprint density at radius 2 is 2.29 bits per heavy atom. The third-order valence-corrected chi connectivity index (χ3v) is 3.32. The Morgan fingerprint density at radius 1 is 1.65 bits per heavy atom. The Hall–Kier alpha value is -1.61. The smallest absolute Gasteiger partial charge is 0.309 e. The summed E-state index contributed by atoms with van der Waals surface area (Å²) in [5.74, 6) is -1.07. The van der Waals surface area contributed by atoms with Gasteiger partial charge in [-0.3, -0.25) is 4.79 Å². The monoisotopic (exact) mass is 263 g/mol. The average molecular weight is 263 g/mol. The van der Waals surface area contributed by atoms with Gasteiger partial charge >= 0.3 is 22.2 Å². The Labute approximate surface area is 98.4 Å². The van der Waals surface area contributed by atoms with E-state index in [1.807, 2.05) is 0 Å². The quantitative estimate of drug-likeness (QED) is 0.749. The number of rotatable bonds is 6. The normalized spacial score (nSPS) is 11.7. The second-order valence-electron chi connectivity index (χ2n) is 3.37. The molecule has 0 saturated carbocycles. The maximum atomic E-state index is 11.6. The summed E-state index contributed by atoms with van der Waals surface area (Å²) in [7, 11) is -2.57. The van der Waals surface area contributed by atoms with Crippen LogP contribution in [-0.2, 0) is 15.0 Å². The molecule has 0 saturated heterocycles. The number of carbonyl (C=O) groups is 1. The van der Waals surface area contributed by atoms with E-state index in [1.54, 1.807) is 6.92 Å². The molecule has 0 bridgehead atoms. The first kappa shape index (κ1) is 13.5. The Balaban J connectivity index is 2.64. The van der Waals surface area contributed by atoms with Gasteiger partial charge in [0, 0.05) is 13.6 Å². The number of nitrogens with one attached hydrogen (secondary N) is 1. The standard InChI is InChI=1S/C8H13N3O5S/c1-6-5-16-8(9-6)10-17(14,15)11(2)4-3-7(12)13/h5H,3-4H2,1-2H3,(H,9,10)(H,12,13). The molecule has 9 heteroatoms. The Bertz CT molecular complexity index is 495. The van der Waals surface area contributed by atoms with E-state index in [-0.39, 0.29) is 19.0 Å². The number of anilines is 1. The number of hydrogen-bond donors (Lipinski definition) is 2. The van der Waals surface area contributed by atoms with Crippen molar-refractivity contribution in [3.8, 4) is 0 Å². The molecule has 2 N–H and O–H groups in total. The first-order valence-electron chi connectivity index (χ1n) is 4.69. The highest BCUT2D eigenvalue weighted by Gasteiger charge is 2.20. The number of carboxylic acid groups (broad SMARTS) is 1. The summed E-state index contributed by atoms with van der Waals surface area (Å²) in [4.78, 5) is 14.1. The van der Waals surface area contributed by atoms with E-state index in [0.29, 0.717) is 5.69 Å². The molecule has 0 aliphatic heterocycles. The van der Waals surface area contributed by atoms with Crippen molar-refractivity contribution in [1.82, 2.24) is 9.29 Å². The number of aryl methyl sites for hydroxylation is 1. The number of oxazole rings is 1. The lowest BCUT2D eigenvalue weighted by molar-refractivity contribution is -0.137. The van der Waals surface area contributed by atoms with Gasteiger partial charge in [0.2, 0.25) is 0 Å². The Morgan fingerprint density at radius 3 is 2.76 bits per heavy atom. The Kier molecular flexibility index (Phi) is 4.07. The van der Waals surface area contributed by atoms with Crippen LogP contribution in [0.2, 0.25) is 0 Å². The van der Waals surface area contributed by atoms with E-state index in [2.05, 4.69) is 9.71 Å². The third-order valence-electron chi connectivity index (χ3n) is 1.89. The van der Waals surface area contributed by atoms with Crippen LogP contribution in [0.4, 0.5) is 6.01 Å². The van der Waals surface area contributed by atoms with Crippen LogP contribution in [0.3, 0.4) is 0 Å². The van der Waals surface area contributed by atoms with Crippen molar-refractivity contribution in [1.29, 1.82) is 0 Å². The number of hydrogen-bond acceptors (Lipinski definition) is 5. The molecule has 0 radical (unpaired) electrons. The zero-order chi connectivity index (χ0) is 13.1. The van der Waals surface area contributed by atoms with Crippen molar-refractivity contribution in [2.45, 2.75) is 13.3 Å². The van der Waals surface area contributed by atoms with Gasteiger partial charge < -0.3 is 9.52 Å². The fourth-order valence-corrected chi connectivity index (χ4v) is 1.76. The highest BCUT2D eigenvalue weighted by molar-refractivity contribution is 7.90. The molecular formula is C8H13N3O5S. The lowest BCUT2D eigenvalue weighted by Gasteiger charge is -2.15. The van der Waals surface area contributed by atoms with E-state index in [1.165, 1.54) is 13.3 Å². The lowest BCUT2D eigenvalue weighted by Crippen LogP contribution is -2.34. The predicted molar refractivity (Wildman–Crippen MR) is 58.7 cm³/mol. The van der Waals surface area contributed by atoms with E-state index in [4.69, 9.17) is 9.52 Å².